The summed E-state index contributed by atoms with van der Waals surface area (Å²) in [7, 11) is 0. The van der Waals surface area contributed by atoms with Gasteiger partial charge in [-0.1, -0.05) is 31.5 Å². The minimum absolute atomic E-state index is 0. The molecule has 1 amide bonds. The number of amides is 1. The second-order valence-corrected chi connectivity index (χ2v) is 5.43. The molecule has 1 aliphatic heterocycles. The summed E-state index contributed by atoms with van der Waals surface area (Å²) in [6.45, 7) is 6.25. The summed E-state index contributed by atoms with van der Waals surface area (Å²) >= 11 is 0. The van der Waals surface area contributed by atoms with Crippen LogP contribution in [0, 0.1) is 0 Å². The van der Waals surface area contributed by atoms with Crippen molar-refractivity contribution in [2.75, 3.05) is 31.6 Å². The molecule has 0 radical (unpaired) electrons. The Morgan fingerprint density at radius 1 is 1.30 bits per heavy atom. The number of benzene rings is 1. The molecule has 1 heterocycles. The van der Waals surface area contributed by atoms with Crippen molar-refractivity contribution in [1.29, 1.82) is 0 Å². The first kappa shape index (κ1) is 22.1. The number of nitrogens with two attached hydrogens (primary N) is 1. The Kier molecular flexibility index (Phi) is 11.2. The molecule has 1 aromatic carbocycles. The number of halogens is 2. The summed E-state index contributed by atoms with van der Waals surface area (Å²) in [5.74, 6) is -0.105. The number of hydrogen-bond acceptors (Lipinski definition) is 4. The first-order valence-corrected chi connectivity index (χ1v) is 7.65. The molecule has 0 saturated carbocycles. The summed E-state index contributed by atoms with van der Waals surface area (Å²) in [5, 5.41) is 2.96. The van der Waals surface area contributed by atoms with E-state index in [0.29, 0.717) is 6.42 Å². The second kappa shape index (κ2) is 11.6. The highest BCUT2D eigenvalue weighted by molar-refractivity contribution is 5.95. The van der Waals surface area contributed by atoms with Crippen molar-refractivity contribution >= 4 is 36.4 Å². The van der Waals surface area contributed by atoms with Crippen molar-refractivity contribution in [3.63, 3.8) is 0 Å². The predicted molar refractivity (Wildman–Crippen MR) is 98.5 cm³/mol. The Balaban J connectivity index is 0.00000242. The number of ether oxygens (including phenoxy) is 1. The van der Waals surface area contributed by atoms with Gasteiger partial charge in [0.1, 0.15) is 0 Å². The first-order chi connectivity index (χ1) is 10.2. The van der Waals surface area contributed by atoms with E-state index in [-0.39, 0.29) is 30.7 Å². The number of para-hydroxylation sites is 1. The zero-order chi connectivity index (χ0) is 15.1. The highest BCUT2D eigenvalue weighted by atomic mass is 35.5. The molecule has 1 atom stereocenters. The normalized spacial score (nSPS) is 15.9. The molecule has 132 valence electrons. The standard InChI is InChI=1S/C16H25N3O2.2ClH/c1-2-5-14(17)16(20)18-15-7-4-3-6-13(15)12-19-8-10-21-11-9-19;;/h3-4,6-7,14H,2,5,8-12,17H2,1H3,(H,18,20);2*1H. The summed E-state index contributed by atoms with van der Waals surface area (Å²) in [6.07, 6.45) is 1.61. The van der Waals surface area contributed by atoms with E-state index in [2.05, 4.69) is 16.3 Å². The highest BCUT2D eigenvalue weighted by Crippen LogP contribution is 2.18. The van der Waals surface area contributed by atoms with E-state index in [1.165, 1.54) is 0 Å². The molecule has 0 aromatic heterocycles. The van der Waals surface area contributed by atoms with E-state index >= 15 is 0 Å². The van der Waals surface area contributed by atoms with Gasteiger partial charge in [0.05, 0.1) is 19.3 Å². The van der Waals surface area contributed by atoms with Crippen LogP contribution in [0.5, 0.6) is 0 Å². The van der Waals surface area contributed by atoms with E-state index in [1.54, 1.807) is 0 Å². The van der Waals surface area contributed by atoms with Gasteiger partial charge in [0.25, 0.3) is 0 Å². The van der Waals surface area contributed by atoms with Crippen LogP contribution < -0.4 is 11.1 Å². The zero-order valence-electron chi connectivity index (χ0n) is 13.5. The van der Waals surface area contributed by atoms with Crippen molar-refractivity contribution in [2.45, 2.75) is 32.4 Å². The third kappa shape index (κ3) is 7.06. The number of rotatable bonds is 6. The average molecular weight is 364 g/mol. The van der Waals surface area contributed by atoms with Crippen molar-refractivity contribution in [2.24, 2.45) is 5.73 Å². The Morgan fingerprint density at radius 3 is 2.61 bits per heavy atom. The van der Waals surface area contributed by atoms with Crippen molar-refractivity contribution in [1.82, 2.24) is 4.90 Å². The minimum atomic E-state index is -0.438. The van der Waals surface area contributed by atoms with E-state index in [4.69, 9.17) is 10.5 Å². The topological polar surface area (TPSA) is 67.6 Å². The lowest BCUT2D eigenvalue weighted by Crippen LogP contribution is -2.37. The van der Waals surface area contributed by atoms with Gasteiger partial charge in [-0.25, -0.2) is 0 Å². The molecule has 3 N–H and O–H groups in total. The summed E-state index contributed by atoms with van der Waals surface area (Å²) in [6, 6.07) is 7.48. The molecule has 1 fully saturated rings. The Morgan fingerprint density at radius 2 is 1.96 bits per heavy atom. The molecular formula is C16H27Cl2N3O2. The molecule has 0 bridgehead atoms. The molecule has 1 saturated heterocycles. The lowest BCUT2D eigenvalue weighted by atomic mass is 10.1. The summed E-state index contributed by atoms with van der Waals surface area (Å²) in [4.78, 5) is 14.4. The van der Waals surface area contributed by atoms with Gasteiger partial charge in [0.2, 0.25) is 5.91 Å². The van der Waals surface area contributed by atoms with Crippen LogP contribution in [-0.2, 0) is 16.1 Å². The van der Waals surface area contributed by atoms with Crippen molar-refractivity contribution < 1.29 is 9.53 Å². The maximum Gasteiger partial charge on any atom is 0.241 e. The van der Waals surface area contributed by atoms with Gasteiger partial charge in [-0.15, -0.1) is 24.8 Å². The predicted octanol–water partition coefficient (Wildman–Crippen LogP) is 2.43. The fraction of sp³-hybridized carbons (Fsp3) is 0.562. The highest BCUT2D eigenvalue weighted by Gasteiger charge is 2.16. The molecule has 1 aliphatic rings. The molecule has 23 heavy (non-hydrogen) atoms. The van der Waals surface area contributed by atoms with E-state index < -0.39 is 6.04 Å². The third-order valence-corrected chi connectivity index (χ3v) is 3.71. The van der Waals surface area contributed by atoms with Gasteiger partial charge in [-0.3, -0.25) is 9.69 Å². The monoisotopic (exact) mass is 363 g/mol. The number of morpholine rings is 1. The first-order valence-electron chi connectivity index (χ1n) is 7.65. The van der Waals surface area contributed by atoms with E-state index in [1.807, 2.05) is 25.1 Å². The number of anilines is 1. The Labute approximate surface area is 150 Å². The number of carbonyl (C=O) groups is 1. The Hall–Kier alpha value is -0.850. The van der Waals surface area contributed by atoms with Crippen LogP contribution in [0.3, 0.4) is 0 Å². The number of nitrogens with one attached hydrogen (secondary N) is 1. The smallest absolute Gasteiger partial charge is 0.241 e. The van der Waals surface area contributed by atoms with Crippen molar-refractivity contribution in [3.05, 3.63) is 29.8 Å². The molecule has 1 aromatic rings. The molecule has 1 unspecified atom stereocenters. The maximum atomic E-state index is 12.1. The molecule has 0 spiro atoms. The van der Waals surface area contributed by atoms with Crippen LogP contribution >= 0.6 is 24.8 Å². The van der Waals surface area contributed by atoms with Crippen LogP contribution in [0.2, 0.25) is 0 Å². The zero-order valence-corrected chi connectivity index (χ0v) is 15.1. The number of hydrogen-bond donors (Lipinski definition) is 2. The molecular weight excluding hydrogens is 337 g/mol. The fourth-order valence-electron chi connectivity index (χ4n) is 2.45. The SMILES string of the molecule is CCCC(N)C(=O)Nc1ccccc1CN1CCOCC1.Cl.Cl. The van der Waals surface area contributed by atoms with Gasteiger partial charge in [-0.2, -0.15) is 0 Å². The van der Waals surface area contributed by atoms with Crippen LogP contribution in [0.15, 0.2) is 24.3 Å². The van der Waals surface area contributed by atoms with E-state index in [9.17, 15) is 4.79 Å². The molecule has 5 nitrogen and oxygen atoms in total. The van der Waals surface area contributed by atoms with Crippen LogP contribution in [-0.4, -0.2) is 43.2 Å². The largest absolute Gasteiger partial charge is 0.379 e. The third-order valence-electron chi connectivity index (χ3n) is 3.71. The second-order valence-electron chi connectivity index (χ2n) is 5.43. The average Bonchev–Trinajstić information content (AvgIpc) is 2.50. The maximum absolute atomic E-state index is 12.1. The minimum Gasteiger partial charge on any atom is -0.379 e. The molecule has 7 heteroatoms. The Bertz CT molecular complexity index is 468. The van der Waals surface area contributed by atoms with Gasteiger partial charge in [0.15, 0.2) is 0 Å². The molecule has 0 aliphatic carbocycles. The van der Waals surface area contributed by atoms with Crippen molar-refractivity contribution in [3.8, 4) is 0 Å². The number of nitrogens with zero attached hydrogens (tertiary/aromatic N) is 1. The molecule has 2 rings (SSSR count). The van der Waals surface area contributed by atoms with E-state index in [0.717, 1.165) is 50.5 Å². The van der Waals surface area contributed by atoms with Gasteiger partial charge < -0.3 is 15.8 Å². The van der Waals surface area contributed by atoms with Crippen LogP contribution in [0.25, 0.3) is 0 Å². The quantitative estimate of drug-likeness (QED) is 0.814. The fourth-order valence-corrected chi connectivity index (χ4v) is 2.45. The van der Waals surface area contributed by atoms with Gasteiger partial charge in [-0.05, 0) is 18.1 Å². The number of carbonyl (C=O) groups excluding carboxylic acids is 1. The lowest BCUT2D eigenvalue weighted by molar-refractivity contribution is -0.117. The van der Waals surface area contributed by atoms with Gasteiger partial charge >= 0.3 is 0 Å². The van der Waals surface area contributed by atoms with Gasteiger partial charge in [0, 0.05) is 25.3 Å². The van der Waals surface area contributed by atoms with Crippen LogP contribution in [0.4, 0.5) is 5.69 Å². The lowest BCUT2D eigenvalue weighted by Gasteiger charge is -2.27. The summed E-state index contributed by atoms with van der Waals surface area (Å²) < 4.78 is 5.36. The van der Waals surface area contributed by atoms with Crippen LogP contribution in [0.1, 0.15) is 25.3 Å². The summed E-state index contributed by atoms with van der Waals surface area (Å²) in [5.41, 5.74) is 7.85.